The Morgan fingerprint density at radius 1 is 1.29 bits per heavy atom. The molecule has 0 spiro atoms. The molecular formula is C13H22N2OS. The Labute approximate surface area is 109 Å². The van der Waals surface area contributed by atoms with Gasteiger partial charge in [-0.05, 0) is 32.6 Å². The van der Waals surface area contributed by atoms with Gasteiger partial charge in [0.15, 0.2) is 0 Å². The molecule has 17 heavy (non-hydrogen) atoms. The van der Waals surface area contributed by atoms with Crippen molar-refractivity contribution in [3.8, 4) is 0 Å². The second-order valence-corrected chi connectivity index (χ2v) is 5.94. The van der Waals surface area contributed by atoms with Gasteiger partial charge in [0.1, 0.15) is 0 Å². The van der Waals surface area contributed by atoms with Gasteiger partial charge in [0, 0.05) is 12.6 Å². The van der Waals surface area contributed by atoms with Crippen molar-refractivity contribution in [3.05, 3.63) is 0 Å². The summed E-state index contributed by atoms with van der Waals surface area (Å²) in [4.78, 5) is 15.2. The first kappa shape index (κ1) is 12.8. The maximum Gasteiger partial charge on any atom is 0.235 e. The van der Waals surface area contributed by atoms with E-state index in [-0.39, 0.29) is 5.91 Å². The van der Waals surface area contributed by atoms with Gasteiger partial charge < -0.3 is 10.6 Å². The molecule has 2 rings (SSSR count). The minimum atomic E-state index is -0.522. The first-order chi connectivity index (χ1) is 8.08. The van der Waals surface area contributed by atoms with Gasteiger partial charge in [0.2, 0.25) is 5.91 Å². The van der Waals surface area contributed by atoms with Crippen molar-refractivity contribution >= 4 is 23.1 Å². The number of rotatable bonds is 2. The minimum absolute atomic E-state index is 0.203. The molecule has 1 saturated heterocycles. The molecule has 1 atom stereocenters. The topological polar surface area (TPSA) is 46.3 Å². The predicted molar refractivity (Wildman–Crippen MR) is 72.7 cm³/mol. The number of likely N-dealkylation sites (tertiary alicyclic amines) is 1. The SMILES string of the molecule is CC1CCCN1C(=O)C1(C(N)=S)CCCCC1. The fraction of sp³-hybridized carbons (Fsp3) is 0.846. The third-order valence-electron chi connectivity index (χ3n) is 4.40. The van der Waals surface area contributed by atoms with Crippen LogP contribution in [0.25, 0.3) is 0 Å². The summed E-state index contributed by atoms with van der Waals surface area (Å²) in [5.74, 6) is 0.203. The maximum absolute atomic E-state index is 12.7. The summed E-state index contributed by atoms with van der Waals surface area (Å²) in [6.45, 7) is 3.01. The Bertz CT molecular complexity index is 323. The van der Waals surface area contributed by atoms with E-state index >= 15 is 0 Å². The van der Waals surface area contributed by atoms with Crippen LogP contribution in [0, 0.1) is 5.41 Å². The monoisotopic (exact) mass is 254 g/mol. The molecule has 4 heteroatoms. The summed E-state index contributed by atoms with van der Waals surface area (Å²) in [6, 6.07) is 0.357. The number of hydrogen-bond donors (Lipinski definition) is 1. The molecule has 1 unspecified atom stereocenters. The molecule has 0 aromatic carbocycles. The molecule has 1 aliphatic carbocycles. The minimum Gasteiger partial charge on any atom is -0.392 e. The molecule has 3 nitrogen and oxygen atoms in total. The average Bonchev–Trinajstić information content (AvgIpc) is 2.75. The van der Waals surface area contributed by atoms with Crippen molar-refractivity contribution in [1.82, 2.24) is 4.90 Å². The predicted octanol–water partition coefficient (Wildman–Crippen LogP) is 2.23. The van der Waals surface area contributed by atoms with Crippen molar-refractivity contribution in [2.75, 3.05) is 6.54 Å². The lowest BCUT2D eigenvalue weighted by atomic mass is 9.72. The summed E-state index contributed by atoms with van der Waals surface area (Å²) in [6.07, 6.45) is 7.28. The molecule has 1 saturated carbocycles. The van der Waals surface area contributed by atoms with Gasteiger partial charge >= 0.3 is 0 Å². The summed E-state index contributed by atoms with van der Waals surface area (Å²) in [7, 11) is 0. The Morgan fingerprint density at radius 2 is 1.94 bits per heavy atom. The van der Waals surface area contributed by atoms with Crippen LogP contribution in [0.4, 0.5) is 0 Å². The zero-order valence-corrected chi connectivity index (χ0v) is 11.4. The summed E-state index contributed by atoms with van der Waals surface area (Å²) in [5, 5.41) is 0. The van der Waals surface area contributed by atoms with Crippen molar-refractivity contribution in [1.29, 1.82) is 0 Å². The van der Waals surface area contributed by atoms with Crippen LogP contribution in [0.15, 0.2) is 0 Å². The second-order valence-electron chi connectivity index (χ2n) is 5.50. The van der Waals surface area contributed by atoms with Crippen LogP contribution in [0.5, 0.6) is 0 Å². The van der Waals surface area contributed by atoms with Gasteiger partial charge in [0.05, 0.1) is 10.4 Å². The van der Waals surface area contributed by atoms with Gasteiger partial charge in [-0.25, -0.2) is 0 Å². The molecule has 2 fully saturated rings. The van der Waals surface area contributed by atoms with Crippen LogP contribution in [-0.4, -0.2) is 28.4 Å². The molecule has 0 bridgehead atoms. The van der Waals surface area contributed by atoms with Crippen molar-refractivity contribution in [2.24, 2.45) is 11.1 Å². The number of amides is 1. The number of nitrogens with two attached hydrogens (primary N) is 1. The van der Waals surface area contributed by atoms with Gasteiger partial charge in [-0.15, -0.1) is 0 Å². The van der Waals surface area contributed by atoms with E-state index in [0.29, 0.717) is 11.0 Å². The van der Waals surface area contributed by atoms with Crippen molar-refractivity contribution < 1.29 is 4.79 Å². The highest BCUT2D eigenvalue weighted by molar-refractivity contribution is 7.80. The fourth-order valence-electron chi connectivity index (χ4n) is 3.23. The second kappa shape index (κ2) is 4.92. The van der Waals surface area contributed by atoms with E-state index in [2.05, 4.69) is 6.92 Å². The van der Waals surface area contributed by atoms with E-state index < -0.39 is 5.41 Å². The first-order valence-corrected chi connectivity index (χ1v) is 7.10. The highest BCUT2D eigenvalue weighted by atomic mass is 32.1. The largest absolute Gasteiger partial charge is 0.392 e. The van der Waals surface area contributed by atoms with Gasteiger partial charge in [-0.2, -0.15) is 0 Å². The van der Waals surface area contributed by atoms with Crippen LogP contribution >= 0.6 is 12.2 Å². The number of hydrogen-bond acceptors (Lipinski definition) is 2. The molecule has 0 aromatic heterocycles. The van der Waals surface area contributed by atoms with Crippen LogP contribution in [0.3, 0.4) is 0 Å². The number of nitrogens with zero attached hydrogens (tertiary/aromatic N) is 1. The zero-order chi connectivity index (χ0) is 12.5. The molecule has 96 valence electrons. The normalized spacial score (nSPS) is 28.1. The maximum atomic E-state index is 12.7. The Hall–Kier alpha value is -0.640. The highest BCUT2D eigenvalue weighted by Crippen LogP contribution is 2.39. The molecule has 1 amide bonds. The Balaban J connectivity index is 2.21. The van der Waals surface area contributed by atoms with Crippen LogP contribution in [0.2, 0.25) is 0 Å². The van der Waals surface area contributed by atoms with E-state index in [9.17, 15) is 4.79 Å². The summed E-state index contributed by atoms with van der Waals surface area (Å²) in [5.41, 5.74) is 5.38. The van der Waals surface area contributed by atoms with Gasteiger partial charge in [0.25, 0.3) is 0 Å². The Morgan fingerprint density at radius 3 is 2.41 bits per heavy atom. The molecule has 0 aromatic rings. The smallest absolute Gasteiger partial charge is 0.235 e. The third-order valence-corrected chi connectivity index (χ3v) is 4.79. The Kier molecular flexibility index (Phi) is 3.71. The van der Waals surface area contributed by atoms with Crippen molar-refractivity contribution in [2.45, 2.75) is 57.9 Å². The zero-order valence-electron chi connectivity index (χ0n) is 10.6. The number of carbonyl (C=O) groups is 1. The summed E-state index contributed by atoms with van der Waals surface area (Å²) < 4.78 is 0. The van der Waals surface area contributed by atoms with Crippen LogP contribution < -0.4 is 5.73 Å². The molecular weight excluding hydrogens is 232 g/mol. The molecule has 0 radical (unpaired) electrons. The lowest BCUT2D eigenvalue weighted by molar-refractivity contribution is -0.140. The van der Waals surface area contributed by atoms with Gasteiger partial charge in [-0.3, -0.25) is 4.79 Å². The first-order valence-electron chi connectivity index (χ1n) is 6.69. The standard InChI is InChI=1S/C13H22N2OS/c1-10-6-5-9-15(10)12(16)13(11(14)17)7-3-2-4-8-13/h10H,2-9H2,1H3,(H2,14,17). The summed E-state index contributed by atoms with van der Waals surface area (Å²) >= 11 is 5.21. The van der Waals surface area contributed by atoms with Crippen molar-refractivity contribution in [3.63, 3.8) is 0 Å². The van der Waals surface area contributed by atoms with Gasteiger partial charge in [-0.1, -0.05) is 31.5 Å². The molecule has 1 aliphatic heterocycles. The van der Waals surface area contributed by atoms with Crippen LogP contribution in [-0.2, 0) is 4.79 Å². The quantitative estimate of drug-likeness (QED) is 0.769. The highest BCUT2D eigenvalue weighted by Gasteiger charge is 2.46. The lowest BCUT2D eigenvalue weighted by Crippen LogP contribution is -2.52. The lowest BCUT2D eigenvalue weighted by Gasteiger charge is -2.39. The van der Waals surface area contributed by atoms with E-state index in [0.717, 1.165) is 45.1 Å². The van der Waals surface area contributed by atoms with E-state index in [1.54, 1.807) is 0 Å². The van der Waals surface area contributed by atoms with Crippen LogP contribution in [0.1, 0.15) is 51.9 Å². The number of thiocarbonyl (C=S) groups is 1. The fourth-order valence-corrected chi connectivity index (χ4v) is 3.52. The molecule has 1 heterocycles. The van der Waals surface area contributed by atoms with E-state index in [1.165, 1.54) is 6.42 Å². The average molecular weight is 254 g/mol. The molecule has 2 aliphatic rings. The third kappa shape index (κ3) is 2.19. The van der Waals surface area contributed by atoms with E-state index in [4.69, 9.17) is 18.0 Å². The molecule has 2 N–H and O–H groups in total. The number of carbonyl (C=O) groups excluding carboxylic acids is 1. The van der Waals surface area contributed by atoms with E-state index in [1.807, 2.05) is 4.90 Å².